The van der Waals surface area contributed by atoms with Gasteiger partial charge in [0, 0.05) is 44.3 Å². The molecule has 0 aliphatic carbocycles. The number of hydrogen-bond donors (Lipinski definition) is 1. The summed E-state index contributed by atoms with van der Waals surface area (Å²) in [5.74, 6) is 1.12. The summed E-state index contributed by atoms with van der Waals surface area (Å²) < 4.78 is 2.07. The zero-order valence-corrected chi connectivity index (χ0v) is 10.3. The fourth-order valence-electron chi connectivity index (χ4n) is 1.97. The molecule has 0 bridgehead atoms. The van der Waals surface area contributed by atoms with E-state index in [2.05, 4.69) is 25.9 Å². The van der Waals surface area contributed by atoms with Gasteiger partial charge in [0.05, 0.1) is 0 Å². The average Bonchev–Trinajstić information content (AvgIpc) is 2.77. The van der Waals surface area contributed by atoms with E-state index in [1.165, 1.54) is 5.56 Å². The molecule has 1 N–H and O–H groups in total. The van der Waals surface area contributed by atoms with Crippen LogP contribution >= 0.6 is 0 Å². The summed E-state index contributed by atoms with van der Waals surface area (Å²) in [5.41, 5.74) is 1.23. The third-order valence-corrected chi connectivity index (χ3v) is 3.01. The molecule has 0 saturated heterocycles. The fourth-order valence-corrected chi connectivity index (χ4v) is 1.97. The van der Waals surface area contributed by atoms with Crippen molar-refractivity contribution in [3.63, 3.8) is 0 Å². The largest absolute Gasteiger partial charge is 0.338 e. The van der Waals surface area contributed by atoms with Gasteiger partial charge >= 0.3 is 0 Å². The second-order valence-corrected chi connectivity index (χ2v) is 4.12. The third-order valence-electron chi connectivity index (χ3n) is 3.01. The van der Waals surface area contributed by atoms with Crippen LogP contribution in [0.1, 0.15) is 23.9 Å². The molecule has 1 unspecified atom stereocenters. The molecule has 0 radical (unpaired) electrons. The number of nitrogens with one attached hydrogen (secondary N) is 1. The summed E-state index contributed by atoms with van der Waals surface area (Å²) >= 11 is 0. The minimum Gasteiger partial charge on any atom is -0.338 e. The minimum absolute atomic E-state index is 0.334. The maximum absolute atomic E-state index is 4.34. The van der Waals surface area contributed by atoms with Crippen LogP contribution in [0.15, 0.2) is 36.9 Å². The van der Waals surface area contributed by atoms with E-state index in [4.69, 9.17) is 0 Å². The van der Waals surface area contributed by atoms with Gasteiger partial charge in [-0.25, -0.2) is 4.98 Å². The van der Waals surface area contributed by atoms with Crippen molar-refractivity contribution in [2.75, 3.05) is 7.05 Å². The molecular weight excluding hydrogens is 212 g/mol. The smallest absolute Gasteiger partial charge is 0.108 e. The lowest BCUT2D eigenvalue weighted by Gasteiger charge is -2.15. The number of imidazole rings is 1. The number of pyridine rings is 1. The molecule has 2 aromatic heterocycles. The first-order chi connectivity index (χ1) is 8.31. The molecule has 2 aromatic rings. The van der Waals surface area contributed by atoms with Crippen LogP contribution in [0.5, 0.6) is 0 Å². The monoisotopic (exact) mass is 230 g/mol. The van der Waals surface area contributed by atoms with E-state index in [1.54, 1.807) is 6.20 Å². The van der Waals surface area contributed by atoms with E-state index < -0.39 is 0 Å². The molecule has 1 atom stereocenters. The van der Waals surface area contributed by atoms with Crippen LogP contribution in [0, 0.1) is 0 Å². The summed E-state index contributed by atoms with van der Waals surface area (Å²) in [6.45, 7) is 0. The zero-order valence-electron chi connectivity index (χ0n) is 10.3. The van der Waals surface area contributed by atoms with E-state index in [-0.39, 0.29) is 0 Å². The number of aryl methyl sites for hydroxylation is 2. The number of nitrogens with zero attached hydrogens (tertiary/aromatic N) is 3. The molecule has 2 heterocycles. The molecule has 0 spiro atoms. The van der Waals surface area contributed by atoms with Crippen molar-refractivity contribution < 1.29 is 0 Å². The van der Waals surface area contributed by atoms with Crippen molar-refractivity contribution in [3.05, 3.63) is 48.3 Å². The normalized spacial score (nSPS) is 12.6. The highest BCUT2D eigenvalue weighted by molar-refractivity contribution is 5.14. The highest BCUT2D eigenvalue weighted by Crippen LogP contribution is 2.17. The quantitative estimate of drug-likeness (QED) is 0.850. The van der Waals surface area contributed by atoms with Crippen molar-refractivity contribution in [1.82, 2.24) is 19.9 Å². The molecule has 0 aliphatic heterocycles. The van der Waals surface area contributed by atoms with Crippen LogP contribution in [0.25, 0.3) is 0 Å². The zero-order chi connectivity index (χ0) is 12.1. The standard InChI is InChI=1S/C13H18N4/c1-14-12(11-4-3-7-15-10-11)5-6-13-16-8-9-17(13)2/h3-4,7-10,12,14H,5-6H2,1-2H3. The van der Waals surface area contributed by atoms with Crippen LogP contribution in [-0.2, 0) is 13.5 Å². The van der Waals surface area contributed by atoms with Gasteiger partial charge in [0.2, 0.25) is 0 Å². The van der Waals surface area contributed by atoms with Crippen LogP contribution in [0.3, 0.4) is 0 Å². The highest BCUT2D eigenvalue weighted by Gasteiger charge is 2.10. The molecule has 0 amide bonds. The molecule has 4 nitrogen and oxygen atoms in total. The maximum Gasteiger partial charge on any atom is 0.108 e. The second-order valence-electron chi connectivity index (χ2n) is 4.12. The van der Waals surface area contributed by atoms with Crippen LogP contribution in [0.4, 0.5) is 0 Å². The minimum atomic E-state index is 0.334. The maximum atomic E-state index is 4.34. The Morgan fingerprint density at radius 1 is 1.41 bits per heavy atom. The molecular formula is C13H18N4. The van der Waals surface area contributed by atoms with E-state index in [0.717, 1.165) is 18.7 Å². The summed E-state index contributed by atoms with van der Waals surface area (Å²) in [6.07, 6.45) is 9.52. The van der Waals surface area contributed by atoms with Gasteiger partial charge in [-0.15, -0.1) is 0 Å². The van der Waals surface area contributed by atoms with Gasteiger partial charge in [0.25, 0.3) is 0 Å². The predicted octanol–water partition coefficient (Wildman–Crippen LogP) is 1.71. The lowest BCUT2D eigenvalue weighted by molar-refractivity contribution is 0.534. The molecule has 0 aliphatic rings. The second kappa shape index (κ2) is 5.59. The molecule has 0 saturated carbocycles. The molecule has 0 aromatic carbocycles. The van der Waals surface area contributed by atoms with Crippen LogP contribution in [-0.4, -0.2) is 21.6 Å². The van der Waals surface area contributed by atoms with Gasteiger partial charge in [-0.1, -0.05) is 6.07 Å². The average molecular weight is 230 g/mol. The summed E-state index contributed by atoms with van der Waals surface area (Å²) in [6, 6.07) is 4.41. The summed E-state index contributed by atoms with van der Waals surface area (Å²) in [7, 11) is 4.01. The van der Waals surface area contributed by atoms with E-state index in [0.29, 0.717) is 6.04 Å². The third kappa shape index (κ3) is 2.91. The van der Waals surface area contributed by atoms with Gasteiger partial charge in [0.15, 0.2) is 0 Å². The van der Waals surface area contributed by atoms with Gasteiger partial charge in [-0.3, -0.25) is 4.98 Å². The lowest BCUT2D eigenvalue weighted by atomic mass is 10.0. The van der Waals surface area contributed by atoms with Crippen molar-refractivity contribution in [1.29, 1.82) is 0 Å². The predicted molar refractivity (Wildman–Crippen MR) is 67.6 cm³/mol. The van der Waals surface area contributed by atoms with Crippen molar-refractivity contribution in [2.45, 2.75) is 18.9 Å². The van der Waals surface area contributed by atoms with Gasteiger partial charge in [0.1, 0.15) is 5.82 Å². The Bertz CT molecular complexity index is 449. The van der Waals surface area contributed by atoms with Gasteiger partial charge in [-0.2, -0.15) is 0 Å². The Morgan fingerprint density at radius 3 is 2.88 bits per heavy atom. The first-order valence-corrected chi connectivity index (χ1v) is 5.84. The number of hydrogen-bond acceptors (Lipinski definition) is 3. The Kier molecular flexibility index (Phi) is 3.88. The molecule has 90 valence electrons. The summed E-state index contributed by atoms with van der Waals surface area (Å²) in [4.78, 5) is 8.49. The number of rotatable bonds is 5. The number of aromatic nitrogens is 3. The molecule has 0 fully saturated rings. The molecule has 4 heteroatoms. The molecule has 2 rings (SSSR count). The summed E-state index contributed by atoms with van der Waals surface area (Å²) in [5, 5.41) is 3.32. The fraction of sp³-hybridized carbons (Fsp3) is 0.385. The van der Waals surface area contributed by atoms with Gasteiger partial charge in [-0.05, 0) is 25.1 Å². The van der Waals surface area contributed by atoms with Crippen LogP contribution in [0.2, 0.25) is 0 Å². The van der Waals surface area contributed by atoms with Crippen molar-refractivity contribution in [2.24, 2.45) is 7.05 Å². The van der Waals surface area contributed by atoms with E-state index in [9.17, 15) is 0 Å². The van der Waals surface area contributed by atoms with Crippen molar-refractivity contribution in [3.8, 4) is 0 Å². The first-order valence-electron chi connectivity index (χ1n) is 5.84. The Hall–Kier alpha value is -1.68. The Morgan fingerprint density at radius 2 is 2.29 bits per heavy atom. The van der Waals surface area contributed by atoms with E-state index >= 15 is 0 Å². The molecule has 17 heavy (non-hydrogen) atoms. The lowest BCUT2D eigenvalue weighted by Crippen LogP contribution is -2.17. The first kappa shape index (κ1) is 11.8. The SMILES string of the molecule is CNC(CCc1nccn1C)c1cccnc1. The topological polar surface area (TPSA) is 42.7 Å². The van der Waals surface area contributed by atoms with Crippen LogP contribution < -0.4 is 5.32 Å². The Labute approximate surface area is 102 Å². The highest BCUT2D eigenvalue weighted by atomic mass is 15.0. The van der Waals surface area contributed by atoms with Crippen molar-refractivity contribution >= 4 is 0 Å². The van der Waals surface area contributed by atoms with Gasteiger partial charge < -0.3 is 9.88 Å². The van der Waals surface area contributed by atoms with E-state index in [1.807, 2.05) is 38.8 Å². The Balaban J connectivity index is 1.99.